The number of benzene rings is 2. The maximum Gasteiger partial charge on any atom is 0.147 e. The minimum absolute atomic E-state index is 0.256. The van der Waals surface area contributed by atoms with Gasteiger partial charge in [-0.25, -0.2) is 8.78 Å². The zero-order chi connectivity index (χ0) is 14.5. The van der Waals surface area contributed by atoms with Gasteiger partial charge in [-0.1, -0.05) is 25.1 Å². The minimum Gasteiger partial charge on any atom is -0.376 e. The average molecular weight is 272 g/mol. The SMILES string of the molecule is CCC(Nc1ccc(C#N)cc1F)c1ccccc1F. The zero-order valence-electron chi connectivity index (χ0n) is 11.0. The number of halogens is 2. The van der Waals surface area contributed by atoms with E-state index in [1.165, 1.54) is 18.2 Å². The lowest BCUT2D eigenvalue weighted by molar-refractivity contribution is 0.582. The predicted molar refractivity (Wildman–Crippen MR) is 74.2 cm³/mol. The Balaban J connectivity index is 2.28. The Morgan fingerprint density at radius 3 is 2.50 bits per heavy atom. The van der Waals surface area contributed by atoms with Gasteiger partial charge in [0.1, 0.15) is 11.6 Å². The Morgan fingerprint density at radius 2 is 1.90 bits per heavy atom. The van der Waals surface area contributed by atoms with E-state index in [-0.39, 0.29) is 23.1 Å². The van der Waals surface area contributed by atoms with Crippen molar-refractivity contribution in [2.24, 2.45) is 0 Å². The summed E-state index contributed by atoms with van der Waals surface area (Å²) in [5.41, 5.74) is 1.02. The molecule has 0 aliphatic carbocycles. The normalized spacial score (nSPS) is 11.7. The van der Waals surface area contributed by atoms with Crippen LogP contribution in [0.5, 0.6) is 0 Å². The van der Waals surface area contributed by atoms with Crippen LogP contribution in [0.25, 0.3) is 0 Å². The van der Waals surface area contributed by atoms with Crippen LogP contribution in [0.4, 0.5) is 14.5 Å². The van der Waals surface area contributed by atoms with Crippen LogP contribution < -0.4 is 5.32 Å². The molecule has 0 saturated carbocycles. The molecular formula is C16H14F2N2. The molecule has 1 unspecified atom stereocenters. The molecular weight excluding hydrogens is 258 g/mol. The van der Waals surface area contributed by atoms with Crippen LogP contribution >= 0.6 is 0 Å². The largest absolute Gasteiger partial charge is 0.376 e. The standard InChI is InChI=1S/C16H14F2N2/c1-2-15(12-5-3-4-6-13(12)17)20-16-8-7-11(10-19)9-14(16)18/h3-9,15,20H,2H2,1H3. The van der Waals surface area contributed by atoms with Crippen LogP contribution in [0.3, 0.4) is 0 Å². The van der Waals surface area contributed by atoms with Gasteiger partial charge in [0.25, 0.3) is 0 Å². The van der Waals surface area contributed by atoms with Crippen molar-refractivity contribution in [1.82, 2.24) is 0 Å². The van der Waals surface area contributed by atoms with Crippen molar-refractivity contribution in [3.63, 3.8) is 0 Å². The van der Waals surface area contributed by atoms with Gasteiger partial charge in [0, 0.05) is 5.56 Å². The van der Waals surface area contributed by atoms with Gasteiger partial charge in [-0.15, -0.1) is 0 Å². The number of anilines is 1. The van der Waals surface area contributed by atoms with Gasteiger partial charge in [0.2, 0.25) is 0 Å². The highest BCUT2D eigenvalue weighted by Gasteiger charge is 2.15. The summed E-state index contributed by atoms with van der Waals surface area (Å²) in [6.07, 6.45) is 0.611. The molecule has 102 valence electrons. The number of nitriles is 1. The van der Waals surface area contributed by atoms with Crippen molar-refractivity contribution in [2.75, 3.05) is 5.32 Å². The second-order valence-corrected chi connectivity index (χ2v) is 4.43. The smallest absolute Gasteiger partial charge is 0.147 e. The summed E-state index contributed by atoms with van der Waals surface area (Å²) in [4.78, 5) is 0. The van der Waals surface area contributed by atoms with Crippen molar-refractivity contribution >= 4 is 5.69 Å². The van der Waals surface area contributed by atoms with Crippen LogP contribution in [0.15, 0.2) is 42.5 Å². The Morgan fingerprint density at radius 1 is 1.15 bits per heavy atom. The summed E-state index contributed by atoms with van der Waals surface area (Å²) in [6.45, 7) is 1.89. The molecule has 0 aliphatic heterocycles. The zero-order valence-corrected chi connectivity index (χ0v) is 11.0. The molecule has 0 heterocycles. The average Bonchev–Trinajstić information content (AvgIpc) is 2.47. The molecule has 0 saturated heterocycles. The second-order valence-electron chi connectivity index (χ2n) is 4.43. The molecule has 2 rings (SSSR count). The van der Waals surface area contributed by atoms with E-state index < -0.39 is 5.82 Å². The lowest BCUT2D eigenvalue weighted by Crippen LogP contribution is -2.12. The Kier molecular flexibility index (Phi) is 4.31. The van der Waals surface area contributed by atoms with Crippen LogP contribution in [-0.4, -0.2) is 0 Å². The first-order valence-electron chi connectivity index (χ1n) is 6.36. The molecule has 0 aliphatic rings. The number of hydrogen-bond donors (Lipinski definition) is 1. The van der Waals surface area contributed by atoms with Crippen molar-refractivity contribution in [3.05, 3.63) is 65.2 Å². The van der Waals surface area contributed by atoms with Gasteiger partial charge in [-0.05, 0) is 30.7 Å². The summed E-state index contributed by atoms with van der Waals surface area (Å²) < 4.78 is 27.6. The van der Waals surface area contributed by atoms with E-state index >= 15 is 0 Å². The number of hydrogen-bond acceptors (Lipinski definition) is 2. The molecule has 20 heavy (non-hydrogen) atoms. The van der Waals surface area contributed by atoms with E-state index in [1.807, 2.05) is 13.0 Å². The van der Waals surface area contributed by atoms with Crippen molar-refractivity contribution in [2.45, 2.75) is 19.4 Å². The lowest BCUT2D eigenvalue weighted by Gasteiger charge is -2.19. The highest BCUT2D eigenvalue weighted by molar-refractivity contribution is 5.50. The summed E-state index contributed by atoms with van der Waals surface area (Å²) in [6, 6.07) is 12.2. The first-order valence-corrected chi connectivity index (χ1v) is 6.36. The molecule has 0 radical (unpaired) electrons. The maximum absolute atomic E-state index is 13.8. The summed E-state index contributed by atoms with van der Waals surface area (Å²) in [7, 11) is 0. The van der Waals surface area contributed by atoms with E-state index in [1.54, 1.807) is 18.2 Å². The molecule has 4 heteroatoms. The van der Waals surface area contributed by atoms with Gasteiger partial charge in [-0.3, -0.25) is 0 Å². The molecule has 0 amide bonds. The van der Waals surface area contributed by atoms with Gasteiger partial charge >= 0.3 is 0 Å². The number of rotatable bonds is 4. The summed E-state index contributed by atoms with van der Waals surface area (Å²) in [5, 5.41) is 11.7. The molecule has 1 N–H and O–H groups in total. The fraction of sp³-hybridized carbons (Fsp3) is 0.188. The van der Waals surface area contributed by atoms with Crippen molar-refractivity contribution in [1.29, 1.82) is 5.26 Å². The Bertz CT molecular complexity index is 647. The highest BCUT2D eigenvalue weighted by Crippen LogP contribution is 2.26. The van der Waals surface area contributed by atoms with E-state index in [0.717, 1.165) is 6.07 Å². The number of nitrogens with one attached hydrogen (secondary N) is 1. The third-order valence-corrected chi connectivity index (χ3v) is 3.12. The Hall–Kier alpha value is -2.41. The van der Waals surface area contributed by atoms with Crippen LogP contribution in [0, 0.1) is 23.0 Å². The second kappa shape index (κ2) is 6.16. The van der Waals surface area contributed by atoms with Crippen LogP contribution in [-0.2, 0) is 0 Å². The van der Waals surface area contributed by atoms with Gasteiger partial charge < -0.3 is 5.32 Å². The van der Waals surface area contributed by atoms with Crippen LogP contribution in [0.2, 0.25) is 0 Å². The molecule has 2 aromatic rings. The van der Waals surface area contributed by atoms with E-state index in [4.69, 9.17) is 5.26 Å². The molecule has 0 aromatic heterocycles. The van der Waals surface area contributed by atoms with E-state index in [9.17, 15) is 8.78 Å². The predicted octanol–water partition coefficient (Wildman–Crippen LogP) is 4.40. The first-order chi connectivity index (χ1) is 9.65. The van der Waals surface area contributed by atoms with Crippen molar-refractivity contribution in [3.8, 4) is 6.07 Å². The Labute approximate surface area is 116 Å². The summed E-state index contributed by atoms with van der Waals surface area (Å²) in [5.74, 6) is -0.834. The molecule has 2 nitrogen and oxygen atoms in total. The maximum atomic E-state index is 13.8. The third-order valence-electron chi connectivity index (χ3n) is 3.12. The van der Waals surface area contributed by atoms with Crippen molar-refractivity contribution < 1.29 is 8.78 Å². The number of nitrogens with zero attached hydrogens (tertiary/aromatic N) is 1. The van der Waals surface area contributed by atoms with E-state index in [0.29, 0.717) is 12.0 Å². The topological polar surface area (TPSA) is 35.8 Å². The molecule has 2 aromatic carbocycles. The summed E-state index contributed by atoms with van der Waals surface area (Å²) >= 11 is 0. The van der Waals surface area contributed by atoms with Gasteiger partial charge in [-0.2, -0.15) is 5.26 Å². The first kappa shape index (κ1) is 14.0. The molecule has 0 bridgehead atoms. The quantitative estimate of drug-likeness (QED) is 0.895. The van der Waals surface area contributed by atoms with Gasteiger partial charge in [0.15, 0.2) is 0 Å². The molecule has 1 atom stereocenters. The molecule has 0 fully saturated rings. The van der Waals surface area contributed by atoms with E-state index in [2.05, 4.69) is 5.32 Å². The monoisotopic (exact) mass is 272 g/mol. The third kappa shape index (κ3) is 2.94. The highest BCUT2D eigenvalue weighted by atomic mass is 19.1. The van der Waals surface area contributed by atoms with Gasteiger partial charge in [0.05, 0.1) is 23.4 Å². The van der Waals surface area contributed by atoms with Crippen LogP contribution in [0.1, 0.15) is 30.5 Å². The lowest BCUT2D eigenvalue weighted by atomic mass is 10.0. The fourth-order valence-corrected chi connectivity index (χ4v) is 2.05. The molecule has 0 spiro atoms. The fourth-order valence-electron chi connectivity index (χ4n) is 2.05. The minimum atomic E-state index is -0.515.